The van der Waals surface area contributed by atoms with Gasteiger partial charge < -0.3 is 9.90 Å². The average molecular weight is 242 g/mol. The van der Waals surface area contributed by atoms with Crippen molar-refractivity contribution in [2.24, 2.45) is 11.8 Å². The Kier molecular flexibility index (Phi) is 10.5. The highest BCUT2D eigenvalue weighted by atomic mass is 16.3. The number of ketones is 1. The highest BCUT2D eigenvalue weighted by Crippen LogP contribution is 2.23. The van der Waals surface area contributed by atoms with Gasteiger partial charge in [0.1, 0.15) is 5.78 Å². The third-order valence-electron chi connectivity index (χ3n) is 3.72. The average Bonchev–Trinajstić information content (AvgIpc) is 2.32. The summed E-state index contributed by atoms with van der Waals surface area (Å²) in [7, 11) is 0. The molecule has 0 saturated heterocycles. The molecule has 0 aliphatic heterocycles. The smallest absolute Gasteiger partial charge is 0.129 e. The topological polar surface area (TPSA) is 37.3 Å². The number of carbonyl (C=O) groups is 1. The molecular weight excluding hydrogens is 212 g/mol. The van der Waals surface area contributed by atoms with Gasteiger partial charge >= 0.3 is 0 Å². The molecular formula is C15H30O2. The summed E-state index contributed by atoms with van der Waals surface area (Å²) in [4.78, 5) is 10.8. The molecule has 0 aliphatic carbocycles. The molecule has 0 aromatic rings. The summed E-state index contributed by atoms with van der Waals surface area (Å²) in [5.74, 6) is 1.55. The molecule has 0 saturated carbocycles. The van der Waals surface area contributed by atoms with Crippen molar-refractivity contribution < 1.29 is 9.90 Å². The maximum atomic E-state index is 10.8. The maximum Gasteiger partial charge on any atom is 0.129 e. The van der Waals surface area contributed by atoms with Crippen molar-refractivity contribution >= 4 is 5.78 Å². The van der Waals surface area contributed by atoms with Gasteiger partial charge in [-0.05, 0) is 31.6 Å². The molecule has 0 bridgehead atoms. The number of carbonyl (C=O) groups excluding carboxylic acids is 1. The van der Waals surface area contributed by atoms with Crippen LogP contribution in [0, 0.1) is 11.8 Å². The molecule has 2 heteroatoms. The molecule has 0 radical (unpaired) electrons. The van der Waals surface area contributed by atoms with Crippen LogP contribution in [0.1, 0.15) is 72.1 Å². The van der Waals surface area contributed by atoms with Crippen LogP contribution in [0.4, 0.5) is 0 Å². The van der Waals surface area contributed by atoms with Crippen LogP contribution in [0.3, 0.4) is 0 Å². The summed E-state index contributed by atoms with van der Waals surface area (Å²) in [5.41, 5.74) is 0. The minimum absolute atomic E-state index is 0.309. The van der Waals surface area contributed by atoms with E-state index in [-0.39, 0.29) is 0 Å². The standard InChI is InChI=1S/C15H30O2/c1-4-14(11-15(5-2)12-16)10-8-6-7-9-13(3)17/h14-16H,4-12H2,1-3H3. The van der Waals surface area contributed by atoms with Crippen LogP contribution in [0.15, 0.2) is 0 Å². The first-order valence-electron chi connectivity index (χ1n) is 7.24. The molecule has 0 heterocycles. The summed E-state index contributed by atoms with van der Waals surface area (Å²) >= 11 is 0. The Labute approximate surface area is 107 Å². The molecule has 0 aromatic carbocycles. The van der Waals surface area contributed by atoms with E-state index in [1.165, 1.54) is 25.7 Å². The number of Topliss-reactive ketones (excluding diaryl/α,β-unsaturated/α-hetero) is 1. The van der Waals surface area contributed by atoms with Gasteiger partial charge in [-0.3, -0.25) is 0 Å². The zero-order valence-electron chi connectivity index (χ0n) is 11.9. The lowest BCUT2D eigenvalue weighted by atomic mass is 9.87. The Bertz CT molecular complexity index is 185. The summed E-state index contributed by atoms with van der Waals surface area (Å²) in [6.45, 7) is 6.39. The highest BCUT2D eigenvalue weighted by molar-refractivity contribution is 5.75. The van der Waals surface area contributed by atoms with E-state index in [1.807, 2.05) is 0 Å². The number of unbranched alkanes of at least 4 members (excludes halogenated alkanes) is 2. The van der Waals surface area contributed by atoms with Crippen LogP contribution in [0.5, 0.6) is 0 Å². The normalized spacial score (nSPS) is 14.6. The van der Waals surface area contributed by atoms with Crippen molar-refractivity contribution in [3.8, 4) is 0 Å². The summed E-state index contributed by atoms with van der Waals surface area (Å²) in [6.07, 6.45) is 8.90. The molecule has 0 aromatic heterocycles. The zero-order valence-corrected chi connectivity index (χ0v) is 11.9. The number of hydrogen-bond donors (Lipinski definition) is 1. The van der Waals surface area contributed by atoms with Crippen molar-refractivity contribution in [3.05, 3.63) is 0 Å². The predicted octanol–water partition coefficient (Wildman–Crippen LogP) is 3.96. The Balaban J connectivity index is 3.63. The molecule has 0 amide bonds. The van der Waals surface area contributed by atoms with Gasteiger partial charge in [0, 0.05) is 13.0 Å². The summed E-state index contributed by atoms with van der Waals surface area (Å²) < 4.78 is 0. The predicted molar refractivity (Wildman–Crippen MR) is 73.0 cm³/mol. The largest absolute Gasteiger partial charge is 0.396 e. The van der Waals surface area contributed by atoms with Crippen LogP contribution in [-0.4, -0.2) is 17.5 Å². The SMILES string of the molecule is CCC(CO)CC(CC)CCCCCC(C)=O. The van der Waals surface area contributed by atoms with Gasteiger partial charge in [-0.25, -0.2) is 0 Å². The number of hydrogen-bond acceptors (Lipinski definition) is 2. The van der Waals surface area contributed by atoms with E-state index in [0.29, 0.717) is 18.3 Å². The van der Waals surface area contributed by atoms with Crippen molar-refractivity contribution in [3.63, 3.8) is 0 Å². The van der Waals surface area contributed by atoms with Crippen molar-refractivity contribution in [1.82, 2.24) is 0 Å². The molecule has 0 aliphatic rings. The third-order valence-corrected chi connectivity index (χ3v) is 3.72. The Morgan fingerprint density at radius 2 is 1.71 bits per heavy atom. The van der Waals surface area contributed by atoms with Crippen LogP contribution >= 0.6 is 0 Å². The van der Waals surface area contributed by atoms with E-state index < -0.39 is 0 Å². The fraction of sp³-hybridized carbons (Fsp3) is 0.933. The van der Waals surface area contributed by atoms with Crippen LogP contribution in [-0.2, 0) is 4.79 Å². The molecule has 0 spiro atoms. The van der Waals surface area contributed by atoms with Crippen molar-refractivity contribution in [2.75, 3.05) is 6.61 Å². The number of aliphatic hydroxyl groups excluding tert-OH is 1. The van der Waals surface area contributed by atoms with Gasteiger partial charge in [-0.1, -0.05) is 46.0 Å². The first-order valence-corrected chi connectivity index (χ1v) is 7.24. The van der Waals surface area contributed by atoms with Gasteiger partial charge in [0.2, 0.25) is 0 Å². The molecule has 0 fully saturated rings. The lowest BCUT2D eigenvalue weighted by Gasteiger charge is -2.20. The molecule has 2 nitrogen and oxygen atoms in total. The lowest BCUT2D eigenvalue weighted by molar-refractivity contribution is -0.117. The monoisotopic (exact) mass is 242 g/mol. The Morgan fingerprint density at radius 1 is 1.06 bits per heavy atom. The van der Waals surface area contributed by atoms with E-state index in [0.717, 1.165) is 31.6 Å². The fourth-order valence-electron chi connectivity index (χ4n) is 2.31. The maximum absolute atomic E-state index is 10.8. The first-order chi connectivity index (χ1) is 8.13. The van der Waals surface area contributed by atoms with Gasteiger partial charge in [-0.15, -0.1) is 0 Å². The minimum Gasteiger partial charge on any atom is -0.396 e. The molecule has 0 rings (SSSR count). The van der Waals surface area contributed by atoms with Gasteiger partial charge in [0.05, 0.1) is 0 Å². The van der Waals surface area contributed by atoms with Crippen molar-refractivity contribution in [2.45, 2.75) is 72.1 Å². The first kappa shape index (κ1) is 16.6. The van der Waals surface area contributed by atoms with E-state index in [1.54, 1.807) is 6.92 Å². The Morgan fingerprint density at radius 3 is 2.18 bits per heavy atom. The fourth-order valence-corrected chi connectivity index (χ4v) is 2.31. The minimum atomic E-state index is 0.309. The van der Waals surface area contributed by atoms with Crippen LogP contribution in [0.2, 0.25) is 0 Å². The molecule has 2 unspecified atom stereocenters. The van der Waals surface area contributed by atoms with Gasteiger partial charge in [-0.2, -0.15) is 0 Å². The van der Waals surface area contributed by atoms with Crippen molar-refractivity contribution in [1.29, 1.82) is 0 Å². The van der Waals surface area contributed by atoms with Gasteiger partial charge in [0.25, 0.3) is 0 Å². The number of aliphatic hydroxyl groups is 1. The third kappa shape index (κ3) is 9.34. The second kappa shape index (κ2) is 10.8. The van der Waals surface area contributed by atoms with E-state index in [4.69, 9.17) is 0 Å². The highest BCUT2D eigenvalue weighted by Gasteiger charge is 2.12. The van der Waals surface area contributed by atoms with E-state index in [2.05, 4.69) is 13.8 Å². The van der Waals surface area contributed by atoms with E-state index >= 15 is 0 Å². The molecule has 1 N–H and O–H groups in total. The quantitative estimate of drug-likeness (QED) is 0.557. The van der Waals surface area contributed by atoms with Gasteiger partial charge in [0.15, 0.2) is 0 Å². The molecule has 102 valence electrons. The second-order valence-electron chi connectivity index (χ2n) is 5.27. The summed E-state index contributed by atoms with van der Waals surface area (Å²) in [6, 6.07) is 0. The van der Waals surface area contributed by atoms with Crippen LogP contribution in [0.25, 0.3) is 0 Å². The zero-order chi connectivity index (χ0) is 13.1. The van der Waals surface area contributed by atoms with E-state index in [9.17, 15) is 9.90 Å². The molecule has 2 atom stereocenters. The molecule has 17 heavy (non-hydrogen) atoms. The lowest BCUT2D eigenvalue weighted by Crippen LogP contribution is -2.11. The van der Waals surface area contributed by atoms with Crippen LogP contribution < -0.4 is 0 Å². The summed E-state index contributed by atoms with van der Waals surface area (Å²) in [5, 5.41) is 9.20. The Hall–Kier alpha value is -0.370. The number of rotatable bonds is 11. The second-order valence-corrected chi connectivity index (χ2v) is 5.27.